The fourth-order valence-corrected chi connectivity index (χ4v) is 3.83. The predicted molar refractivity (Wildman–Crippen MR) is 75.6 cm³/mol. The maximum absolute atomic E-state index is 11.4. The van der Waals surface area contributed by atoms with E-state index >= 15 is 0 Å². The number of rotatable bonds is 3. The summed E-state index contributed by atoms with van der Waals surface area (Å²) in [7, 11) is -7.10. The summed E-state index contributed by atoms with van der Waals surface area (Å²) in [6.07, 6.45) is 0. The van der Waals surface area contributed by atoms with Crippen molar-refractivity contribution in [3.63, 3.8) is 0 Å². The minimum Gasteiger partial charge on any atom is -0.478 e. The molecule has 0 saturated carbocycles. The average Bonchev–Trinajstić information content (AvgIpc) is 2.37. The van der Waals surface area contributed by atoms with Crippen molar-refractivity contribution in [2.45, 2.75) is 4.90 Å². The number of carbonyl (C=O) groups is 1. The maximum atomic E-state index is 11.4. The first-order chi connectivity index (χ1) is 9.60. The molecule has 0 bridgehead atoms. The summed E-state index contributed by atoms with van der Waals surface area (Å²) in [4.78, 5) is 12.6. The zero-order valence-corrected chi connectivity index (χ0v) is 12.5. The molecule has 116 valence electrons. The molecule has 0 radical (unpaired) electrons. The number of nitrogens with two attached hydrogens (primary N) is 1. The van der Waals surface area contributed by atoms with Crippen LogP contribution in [0.2, 0.25) is 0 Å². The molecule has 0 aliphatic carbocycles. The van der Waals surface area contributed by atoms with Gasteiger partial charge in [-0.05, 0) is 18.2 Å². The monoisotopic (exact) mass is 334 g/mol. The Bertz CT molecular complexity index is 771. The van der Waals surface area contributed by atoms with Crippen molar-refractivity contribution in [2.24, 2.45) is 5.14 Å². The van der Waals surface area contributed by atoms with Gasteiger partial charge in [0.05, 0.1) is 27.7 Å². The van der Waals surface area contributed by atoms with Crippen LogP contribution in [0.1, 0.15) is 10.4 Å². The van der Waals surface area contributed by atoms with Crippen LogP contribution in [0.5, 0.6) is 0 Å². The van der Waals surface area contributed by atoms with Crippen LogP contribution in [-0.4, -0.2) is 52.5 Å². The van der Waals surface area contributed by atoms with Gasteiger partial charge in [-0.1, -0.05) is 0 Å². The number of sulfonamides is 1. The number of carboxylic acid groups (broad SMARTS) is 1. The minimum atomic E-state index is -4.00. The van der Waals surface area contributed by atoms with Crippen LogP contribution < -0.4 is 10.0 Å². The first-order valence-electron chi connectivity index (χ1n) is 5.96. The highest BCUT2D eigenvalue weighted by atomic mass is 32.2. The van der Waals surface area contributed by atoms with Gasteiger partial charge in [-0.25, -0.2) is 26.8 Å². The van der Waals surface area contributed by atoms with E-state index in [1.807, 2.05) is 0 Å². The molecule has 1 aliphatic rings. The van der Waals surface area contributed by atoms with Gasteiger partial charge in [-0.2, -0.15) is 0 Å². The molecule has 0 amide bonds. The zero-order valence-electron chi connectivity index (χ0n) is 10.9. The largest absolute Gasteiger partial charge is 0.478 e. The quantitative estimate of drug-likeness (QED) is 0.743. The minimum absolute atomic E-state index is 0.0665. The number of hydrogen-bond donors (Lipinski definition) is 2. The SMILES string of the molecule is NS(=O)(=O)c1ccc(N2CCS(=O)(=O)CC2)c(C(=O)O)c1. The van der Waals surface area contributed by atoms with Crippen LogP contribution in [0.4, 0.5) is 5.69 Å². The van der Waals surface area contributed by atoms with E-state index in [2.05, 4.69) is 0 Å². The first-order valence-corrected chi connectivity index (χ1v) is 9.32. The average molecular weight is 334 g/mol. The molecule has 0 atom stereocenters. The molecule has 21 heavy (non-hydrogen) atoms. The molecule has 1 heterocycles. The lowest BCUT2D eigenvalue weighted by Gasteiger charge is -2.29. The Balaban J connectivity index is 2.43. The van der Waals surface area contributed by atoms with Crippen molar-refractivity contribution in [1.82, 2.24) is 0 Å². The van der Waals surface area contributed by atoms with Gasteiger partial charge in [-0.3, -0.25) is 0 Å². The highest BCUT2D eigenvalue weighted by molar-refractivity contribution is 7.91. The molecule has 8 nitrogen and oxygen atoms in total. The predicted octanol–water partition coefficient (Wildman–Crippen LogP) is -0.733. The van der Waals surface area contributed by atoms with Crippen molar-refractivity contribution in [1.29, 1.82) is 0 Å². The number of benzene rings is 1. The van der Waals surface area contributed by atoms with Gasteiger partial charge in [0.1, 0.15) is 0 Å². The van der Waals surface area contributed by atoms with E-state index in [1.54, 1.807) is 4.90 Å². The molecule has 10 heteroatoms. The van der Waals surface area contributed by atoms with Gasteiger partial charge in [0.25, 0.3) is 0 Å². The Labute approximate surface area is 122 Å². The number of anilines is 1. The number of hydrogen-bond acceptors (Lipinski definition) is 6. The molecule has 1 saturated heterocycles. The molecule has 1 aromatic rings. The van der Waals surface area contributed by atoms with E-state index < -0.39 is 25.8 Å². The topological polar surface area (TPSA) is 135 Å². The summed E-state index contributed by atoms with van der Waals surface area (Å²) in [5, 5.41) is 14.2. The number of primary sulfonamides is 1. The Kier molecular flexibility index (Phi) is 3.95. The van der Waals surface area contributed by atoms with Crippen LogP contribution in [0.15, 0.2) is 23.1 Å². The van der Waals surface area contributed by atoms with Crippen molar-refractivity contribution in [2.75, 3.05) is 29.5 Å². The van der Waals surface area contributed by atoms with Crippen LogP contribution >= 0.6 is 0 Å². The summed E-state index contributed by atoms with van der Waals surface area (Å²) in [6.45, 7) is 0.328. The second-order valence-corrected chi connectivity index (χ2v) is 8.53. The molecular weight excluding hydrogens is 320 g/mol. The van der Waals surface area contributed by atoms with Gasteiger partial charge in [0.2, 0.25) is 10.0 Å². The number of nitrogens with zero attached hydrogens (tertiary/aromatic N) is 1. The fraction of sp³-hybridized carbons (Fsp3) is 0.364. The van der Waals surface area contributed by atoms with Crippen LogP contribution in [0.3, 0.4) is 0 Å². The molecule has 1 fully saturated rings. The third-order valence-corrected chi connectivity index (χ3v) is 5.73. The molecule has 3 N–H and O–H groups in total. The van der Waals surface area contributed by atoms with E-state index in [4.69, 9.17) is 5.14 Å². The molecule has 0 spiro atoms. The van der Waals surface area contributed by atoms with Crippen LogP contribution in [0, 0.1) is 0 Å². The smallest absolute Gasteiger partial charge is 0.337 e. The van der Waals surface area contributed by atoms with Crippen LogP contribution in [0.25, 0.3) is 0 Å². The number of carboxylic acids is 1. The lowest BCUT2D eigenvalue weighted by atomic mass is 10.1. The molecule has 0 unspecified atom stereocenters. The lowest BCUT2D eigenvalue weighted by Crippen LogP contribution is -2.41. The first kappa shape index (κ1) is 15.7. The Hall–Kier alpha value is -1.65. The van der Waals surface area contributed by atoms with Gasteiger partial charge in [0.15, 0.2) is 9.84 Å². The van der Waals surface area contributed by atoms with E-state index in [0.29, 0.717) is 0 Å². The van der Waals surface area contributed by atoms with Crippen molar-refractivity contribution in [3.8, 4) is 0 Å². The van der Waals surface area contributed by atoms with Crippen molar-refractivity contribution < 1.29 is 26.7 Å². The molecule has 2 rings (SSSR count). The van der Waals surface area contributed by atoms with Gasteiger partial charge in [0, 0.05) is 13.1 Å². The van der Waals surface area contributed by atoms with Gasteiger partial charge in [-0.15, -0.1) is 0 Å². The fourth-order valence-electron chi connectivity index (χ4n) is 2.09. The normalized spacial score (nSPS) is 18.4. The van der Waals surface area contributed by atoms with Gasteiger partial charge >= 0.3 is 5.97 Å². The van der Waals surface area contributed by atoms with E-state index in [-0.39, 0.29) is 40.7 Å². The van der Waals surface area contributed by atoms with E-state index in [9.17, 15) is 26.7 Å². The summed E-state index contributed by atoms with van der Waals surface area (Å²) in [6, 6.07) is 3.53. The molecule has 0 aromatic heterocycles. The standard InChI is InChI=1S/C11H14N2O6S2/c12-21(18,19)8-1-2-10(9(7-8)11(14)15)13-3-5-20(16,17)6-4-13/h1-2,7H,3-6H2,(H,14,15)(H2,12,18,19). The van der Waals surface area contributed by atoms with E-state index in [1.165, 1.54) is 12.1 Å². The van der Waals surface area contributed by atoms with Gasteiger partial charge < -0.3 is 10.0 Å². The molecule has 1 aliphatic heterocycles. The summed E-state index contributed by atoms with van der Waals surface area (Å²) >= 11 is 0. The van der Waals surface area contributed by atoms with E-state index in [0.717, 1.165) is 6.07 Å². The third kappa shape index (κ3) is 3.52. The highest BCUT2D eigenvalue weighted by Crippen LogP contribution is 2.25. The maximum Gasteiger partial charge on any atom is 0.337 e. The van der Waals surface area contributed by atoms with Crippen molar-refractivity contribution >= 4 is 31.5 Å². The zero-order chi connectivity index (χ0) is 15.8. The van der Waals surface area contributed by atoms with Crippen molar-refractivity contribution in [3.05, 3.63) is 23.8 Å². The Morgan fingerprint density at radius 1 is 1.24 bits per heavy atom. The van der Waals surface area contributed by atoms with Crippen LogP contribution in [-0.2, 0) is 19.9 Å². The molecule has 1 aromatic carbocycles. The second-order valence-electron chi connectivity index (χ2n) is 4.67. The summed E-state index contributed by atoms with van der Waals surface area (Å²) < 4.78 is 45.3. The Morgan fingerprint density at radius 3 is 2.29 bits per heavy atom. The number of aromatic carboxylic acids is 1. The Morgan fingerprint density at radius 2 is 1.81 bits per heavy atom. The summed E-state index contributed by atoms with van der Waals surface area (Å²) in [5.41, 5.74) is 0.0608. The third-order valence-electron chi connectivity index (χ3n) is 3.21. The second kappa shape index (κ2) is 5.28. The summed E-state index contributed by atoms with van der Waals surface area (Å²) in [5.74, 6) is -1.43. The molecular formula is C11H14N2O6S2. The number of sulfone groups is 1. The lowest BCUT2D eigenvalue weighted by molar-refractivity contribution is 0.0697. The highest BCUT2D eigenvalue weighted by Gasteiger charge is 2.25.